The standard InChI is InChI=1S/C14H26N2O3S/c1-4-12(2)15-7-5-6-14(10-15)11-16(13(14)17)8-9-20(3,18)19/h12H,4-11H2,1-3H3/t12-,14-/m1/s1. The number of hydrogen-bond acceptors (Lipinski definition) is 4. The smallest absolute Gasteiger partial charge is 0.231 e. The van der Waals surface area contributed by atoms with Gasteiger partial charge in [-0.05, 0) is 32.7 Å². The molecule has 2 saturated heterocycles. The summed E-state index contributed by atoms with van der Waals surface area (Å²) in [5.74, 6) is 0.235. The van der Waals surface area contributed by atoms with Crippen LogP contribution in [0.1, 0.15) is 33.1 Å². The molecule has 5 nitrogen and oxygen atoms in total. The van der Waals surface area contributed by atoms with E-state index in [0.717, 1.165) is 38.9 Å². The van der Waals surface area contributed by atoms with Crippen LogP contribution in [0, 0.1) is 5.41 Å². The normalized spacial score (nSPS) is 29.6. The average Bonchev–Trinajstić information content (AvgIpc) is 2.41. The minimum absolute atomic E-state index is 0.0733. The number of carbonyl (C=O) groups excluding carboxylic acids is 1. The molecule has 6 heteroatoms. The number of amides is 1. The van der Waals surface area contributed by atoms with Crippen LogP contribution in [-0.4, -0.2) is 68.4 Å². The Labute approximate surface area is 122 Å². The third kappa shape index (κ3) is 3.17. The van der Waals surface area contributed by atoms with Crippen LogP contribution in [-0.2, 0) is 14.6 Å². The minimum Gasteiger partial charge on any atom is -0.340 e. The first kappa shape index (κ1) is 15.8. The summed E-state index contributed by atoms with van der Waals surface area (Å²) in [6, 6.07) is 0.519. The third-order valence-corrected chi connectivity index (χ3v) is 5.71. The summed E-state index contributed by atoms with van der Waals surface area (Å²) in [7, 11) is -2.99. The van der Waals surface area contributed by atoms with Crippen LogP contribution in [0.5, 0.6) is 0 Å². The third-order valence-electron chi connectivity index (χ3n) is 4.79. The van der Waals surface area contributed by atoms with E-state index in [2.05, 4.69) is 18.7 Å². The van der Waals surface area contributed by atoms with E-state index in [1.807, 2.05) is 0 Å². The minimum atomic E-state index is -2.99. The van der Waals surface area contributed by atoms with E-state index >= 15 is 0 Å². The fourth-order valence-corrected chi connectivity index (χ4v) is 3.86. The van der Waals surface area contributed by atoms with Crippen molar-refractivity contribution in [2.45, 2.75) is 39.2 Å². The summed E-state index contributed by atoms with van der Waals surface area (Å²) in [6.45, 7) is 7.39. The van der Waals surface area contributed by atoms with E-state index < -0.39 is 9.84 Å². The highest BCUT2D eigenvalue weighted by atomic mass is 32.2. The highest BCUT2D eigenvalue weighted by Gasteiger charge is 2.53. The summed E-state index contributed by atoms with van der Waals surface area (Å²) < 4.78 is 22.4. The number of piperidine rings is 1. The van der Waals surface area contributed by atoms with Crippen LogP contribution in [0.25, 0.3) is 0 Å². The highest BCUT2D eigenvalue weighted by Crippen LogP contribution is 2.40. The SMILES string of the molecule is CC[C@@H](C)N1CCC[C@]2(CN(CCS(C)(=O)=O)C2=O)C1. The van der Waals surface area contributed by atoms with Gasteiger partial charge in [0.25, 0.3) is 0 Å². The molecule has 20 heavy (non-hydrogen) atoms. The molecule has 0 N–H and O–H groups in total. The maximum absolute atomic E-state index is 12.4. The summed E-state index contributed by atoms with van der Waals surface area (Å²) in [6.07, 6.45) is 4.34. The first-order valence-electron chi connectivity index (χ1n) is 7.48. The Balaban J connectivity index is 1.93. The van der Waals surface area contributed by atoms with Gasteiger partial charge in [0.2, 0.25) is 5.91 Å². The monoisotopic (exact) mass is 302 g/mol. The molecule has 116 valence electrons. The quantitative estimate of drug-likeness (QED) is 0.703. The van der Waals surface area contributed by atoms with Gasteiger partial charge < -0.3 is 4.90 Å². The van der Waals surface area contributed by atoms with E-state index in [1.165, 1.54) is 6.26 Å². The Morgan fingerprint density at radius 1 is 1.35 bits per heavy atom. The van der Waals surface area contributed by atoms with Gasteiger partial charge in [0.1, 0.15) is 9.84 Å². The lowest BCUT2D eigenvalue weighted by molar-refractivity contribution is -0.166. The Morgan fingerprint density at radius 3 is 2.60 bits per heavy atom. The molecule has 0 aliphatic carbocycles. The van der Waals surface area contributed by atoms with Crippen LogP contribution in [0.2, 0.25) is 0 Å². The van der Waals surface area contributed by atoms with Gasteiger partial charge in [0, 0.05) is 31.9 Å². The van der Waals surface area contributed by atoms with Gasteiger partial charge >= 0.3 is 0 Å². The first-order chi connectivity index (χ1) is 9.27. The van der Waals surface area contributed by atoms with Crippen molar-refractivity contribution in [3.8, 4) is 0 Å². The van der Waals surface area contributed by atoms with E-state index in [1.54, 1.807) is 4.90 Å². The maximum Gasteiger partial charge on any atom is 0.231 e. The largest absolute Gasteiger partial charge is 0.340 e. The van der Waals surface area contributed by atoms with Gasteiger partial charge in [-0.15, -0.1) is 0 Å². The van der Waals surface area contributed by atoms with Crippen molar-refractivity contribution in [2.75, 3.05) is 38.2 Å². The number of β-lactam (4-membered cyclic amide) rings is 1. The second kappa shape index (κ2) is 5.64. The second-order valence-corrected chi connectivity index (χ2v) is 8.73. The number of nitrogens with zero attached hydrogens (tertiary/aromatic N) is 2. The van der Waals surface area contributed by atoms with Gasteiger partial charge in [0.05, 0.1) is 11.2 Å². The molecule has 2 aliphatic rings. The van der Waals surface area contributed by atoms with Crippen molar-refractivity contribution in [2.24, 2.45) is 5.41 Å². The molecule has 2 heterocycles. The Morgan fingerprint density at radius 2 is 2.05 bits per heavy atom. The molecular formula is C14H26N2O3S. The number of rotatable bonds is 5. The van der Waals surface area contributed by atoms with Gasteiger partial charge in [-0.1, -0.05) is 6.92 Å². The summed E-state index contributed by atoms with van der Waals surface area (Å²) in [5.41, 5.74) is -0.223. The molecule has 0 saturated carbocycles. The molecular weight excluding hydrogens is 276 g/mol. The molecule has 0 radical (unpaired) electrons. The Kier molecular flexibility index (Phi) is 4.44. The van der Waals surface area contributed by atoms with Crippen molar-refractivity contribution < 1.29 is 13.2 Å². The molecule has 2 aliphatic heterocycles. The zero-order chi connectivity index (χ0) is 15.0. The molecule has 2 fully saturated rings. The molecule has 1 amide bonds. The van der Waals surface area contributed by atoms with E-state index in [4.69, 9.17) is 0 Å². The predicted octanol–water partition coefficient (Wildman–Crippen LogP) is 0.754. The van der Waals surface area contributed by atoms with E-state index in [-0.39, 0.29) is 17.1 Å². The molecule has 2 rings (SSSR count). The second-order valence-electron chi connectivity index (χ2n) is 6.47. The highest BCUT2D eigenvalue weighted by molar-refractivity contribution is 7.90. The van der Waals surface area contributed by atoms with Crippen LogP contribution in [0.3, 0.4) is 0 Å². The van der Waals surface area contributed by atoms with Crippen LogP contribution in [0.15, 0.2) is 0 Å². The van der Waals surface area contributed by atoms with Crippen LogP contribution >= 0.6 is 0 Å². The van der Waals surface area contributed by atoms with Crippen molar-refractivity contribution >= 4 is 15.7 Å². The van der Waals surface area contributed by atoms with Crippen LogP contribution < -0.4 is 0 Å². The lowest BCUT2D eigenvalue weighted by Gasteiger charge is -2.54. The molecule has 0 aromatic heterocycles. The van der Waals surface area contributed by atoms with E-state index in [9.17, 15) is 13.2 Å². The van der Waals surface area contributed by atoms with Gasteiger partial charge in [-0.3, -0.25) is 9.69 Å². The number of likely N-dealkylation sites (tertiary alicyclic amines) is 2. The molecule has 0 unspecified atom stereocenters. The first-order valence-corrected chi connectivity index (χ1v) is 9.54. The fraction of sp³-hybridized carbons (Fsp3) is 0.929. The Bertz CT molecular complexity index is 477. The zero-order valence-corrected chi connectivity index (χ0v) is 13.6. The summed E-state index contributed by atoms with van der Waals surface area (Å²) in [5, 5.41) is 0. The molecule has 1 spiro atoms. The van der Waals surface area contributed by atoms with E-state index in [0.29, 0.717) is 12.6 Å². The maximum atomic E-state index is 12.4. The van der Waals surface area contributed by atoms with Gasteiger partial charge in [0.15, 0.2) is 0 Å². The van der Waals surface area contributed by atoms with Crippen molar-refractivity contribution in [3.63, 3.8) is 0 Å². The zero-order valence-electron chi connectivity index (χ0n) is 12.8. The number of sulfone groups is 1. The molecule has 0 aromatic carbocycles. The summed E-state index contributed by atoms with van der Waals surface area (Å²) >= 11 is 0. The van der Waals surface area contributed by atoms with Gasteiger partial charge in [-0.2, -0.15) is 0 Å². The van der Waals surface area contributed by atoms with Crippen LogP contribution in [0.4, 0.5) is 0 Å². The summed E-state index contributed by atoms with van der Waals surface area (Å²) in [4.78, 5) is 16.5. The molecule has 2 atom stereocenters. The molecule has 0 bridgehead atoms. The predicted molar refractivity (Wildman–Crippen MR) is 79.3 cm³/mol. The number of carbonyl (C=O) groups is 1. The lowest BCUT2D eigenvalue weighted by atomic mass is 9.72. The fourth-order valence-electron chi connectivity index (χ4n) is 3.31. The molecule has 0 aromatic rings. The lowest BCUT2D eigenvalue weighted by Crippen LogP contribution is -2.68. The Hall–Kier alpha value is -0.620. The van der Waals surface area contributed by atoms with Crippen molar-refractivity contribution in [3.05, 3.63) is 0 Å². The average molecular weight is 302 g/mol. The van der Waals surface area contributed by atoms with Crippen molar-refractivity contribution in [1.29, 1.82) is 0 Å². The number of hydrogen-bond donors (Lipinski definition) is 0. The topological polar surface area (TPSA) is 57.7 Å². The van der Waals surface area contributed by atoms with Gasteiger partial charge in [-0.25, -0.2) is 8.42 Å². The van der Waals surface area contributed by atoms with Crippen molar-refractivity contribution in [1.82, 2.24) is 9.80 Å².